The first kappa shape index (κ1) is 19.5. The summed E-state index contributed by atoms with van der Waals surface area (Å²) in [7, 11) is -1.62. The van der Waals surface area contributed by atoms with Crippen molar-refractivity contribution in [1.82, 2.24) is 9.29 Å². The minimum absolute atomic E-state index is 0.102. The van der Waals surface area contributed by atoms with Crippen LogP contribution in [0.15, 0.2) is 29.3 Å². The van der Waals surface area contributed by atoms with Crippen LogP contribution in [-0.4, -0.2) is 20.7 Å². The highest BCUT2D eigenvalue weighted by Crippen LogP contribution is 2.29. The quantitative estimate of drug-likeness (QED) is 0.742. The van der Waals surface area contributed by atoms with Crippen molar-refractivity contribution in [2.45, 2.75) is 37.6 Å². The fourth-order valence-electron chi connectivity index (χ4n) is 3.30. The molecule has 1 aromatic carbocycles. The molecule has 9 heteroatoms. The van der Waals surface area contributed by atoms with Gasteiger partial charge in [0.15, 0.2) is 11.6 Å². The monoisotopic (exact) mass is 396 g/mol. The van der Waals surface area contributed by atoms with Gasteiger partial charge >= 0.3 is 0 Å². The zero-order chi connectivity index (χ0) is 19.9. The predicted octanol–water partition coefficient (Wildman–Crippen LogP) is 3.44. The number of nitrogens with zero attached hydrogens (tertiary/aromatic N) is 1. The average molecular weight is 396 g/mol. The fourth-order valence-corrected chi connectivity index (χ4v) is 5.10. The molecule has 2 aromatic rings. The predicted molar refractivity (Wildman–Crippen MR) is 98.9 cm³/mol. The largest absolute Gasteiger partial charge is 0.345 e. The Hall–Kier alpha value is -2.26. The summed E-state index contributed by atoms with van der Waals surface area (Å²) >= 11 is 0. The number of aryl methyl sites for hydroxylation is 1. The molecular weight excluding hydrogens is 374 g/mol. The van der Waals surface area contributed by atoms with Gasteiger partial charge in [0.1, 0.15) is 15.6 Å². The Balaban J connectivity index is 1.97. The number of benzene rings is 1. The Labute approximate surface area is 157 Å². The Kier molecular flexibility index (Phi) is 5.09. The van der Waals surface area contributed by atoms with Crippen molar-refractivity contribution in [3.8, 4) is 0 Å². The van der Waals surface area contributed by atoms with E-state index in [1.807, 2.05) is 13.8 Å². The third-order valence-corrected chi connectivity index (χ3v) is 6.38. The van der Waals surface area contributed by atoms with E-state index in [1.54, 1.807) is 7.05 Å². The van der Waals surface area contributed by atoms with E-state index in [9.17, 15) is 17.8 Å². The van der Waals surface area contributed by atoms with E-state index in [-0.39, 0.29) is 23.3 Å². The molecule has 146 valence electrons. The van der Waals surface area contributed by atoms with E-state index in [1.165, 1.54) is 16.8 Å². The lowest BCUT2D eigenvalue weighted by Gasteiger charge is -2.20. The second-order valence-corrected chi connectivity index (χ2v) is 8.87. The topological polar surface area (TPSA) is 87.0 Å². The molecule has 0 saturated carbocycles. The Morgan fingerprint density at radius 2 is 2.07 bits per heavy atom. The summed E-state index contributed by atoms with van der Waals surface area (Å²) in [5, 5.41) is 2.54. The standard InChI is InChI=1S/C18H22F2N4O2S/c1-10(2)15-7-5-12-16(27(21,26)23-15)9-24(3)17(12)18(25)22-11-4-6-13(19)14(20)8-11/h4,6,8-10,15H,5,7H2,1-3H3,(H,22,25)(H2,21,23,26). The van der Waals surface area contributed by atoms with Gasteiger partial charge in [0.25, 0.3) is 5.91 Å². The van der Waals surface area contributed by atoms with Crippen molar-refractivity contribution in [3.63, 3.8) is 0 Å². The molecule has 1 amide bonds. The molecule has 1 aliphatic heterocycles. The second-order valence-electron chi connectivity index (χ2n) is 7.08. The SMILES string of the molecule is CC(C)C1CCc2c(cn(C)c2C(=O)Nc2ccc(F)c(F)c2)S(=N)(=O)N1. The highest BCUT2D eigenvalue weighted by atomic mass is 32.2. The number of carbonyl (C=O) groups is 1. The third kappa shape index (κ3) is 3.74. The smallest absolute Gasteiger partial charge is 0.272 e. The minimum Gasteiger partial charge on any atom is -0.345 e. The van der Waals surface area contributed by atoms with E-state index in [4.69, 9.17) is 4.78 Å². The Morgan fingerprint density at radius 3 is 2.70 bits per heavy atom. The van der Waals surface area contributed by atoms with E-state index >= 15 is 0 Å². The number of fused-ring (bicyclic) bond motifs is 1. The summed E-state index contributed by atoms with van der Waals surface area (Å²) < 4.78 is 52.1. The van der Waals surface area contributed by atoms with Gasteiger partial charge in [-0.1, -0.05) is 13.8 Å². The van der Waals surface area contributed by atoms with Crippen LogP contribution in [0.25, 0.3) is 0 Å². The molecule has 6 nitrogen and oxygen atoms in total. The van der Waals surface area contributed by atoms with Gasteiger partial charge in [0, 0.05) is 36.6 Å². The van der Waals surface area contributed by atoms with E-state index in [2.05, 4.69) is 10.0 Å². The lowest BCUT2D eigenvalue weighted by Crippen LogP contribution is -2.36. The molecule has 0 bridgehead atoms. The highest BCUT2D eigenvalue weighted by Gasteiger charge is 2.31. The van der Waals surface area contributed by atoms with Crippen LogP contribution in [-0.2, 0) is 23.4 Å². The van der Waals surface area contributed by atoms with Crippen molar-refractivity contribution in [2.24, 2.45) is 13.0 Å². The molecule has 2 heterocycles. The zero-order valence-electron chi connectivity index (χ0n) is 15.3. The van der Waals surface area contributed by atoms with Crippen molar-refractivity contribution >= 4 is 21.5 Å². The second kappa shape index (κ2) is 7.05. The molecule has 3 N–H and O–H groups in total. The van der Waals surface area contributed by atoms with Gasteiger partial charge in [0.05, 0.1) is 4.90 Å². The summed E-state index contributed by atoms with van der Waals surface area (Å²) in [4.78, 5) is 13.1. The van der Waals surface area contributed by atoms with Crippen molar-refractivity contribution < 1.29 is 17.8 Å². The first-order valence-electron chi connectivity index (χ1n) is 8.61. The number of anilines is 1. The maximum atomic E-state index is 13.4. The number of halogens is 2. The number of nitrogens with one attached hydrogen (secondary N) is 3. The summed E-state index contributed by atoms with van der Waals surface area (Å²) in [6.07, 6.45) is 2.65. The van der Waals surface area contributed by atoms with Crippen LogP contribution in [0.4, 0.5) is 14.5 Å². The van der Waals surface area contributed by atoms with Crippen LogP contribution in [0.2, 0.25) is 0 Å². The molecule has 1 aliphatic rings. The van der Waals surface area contributed by atoms with Gasteiger partial charge < -0.3 is 9.88 Å². The van der Waals surface area contributed by atoms with E-state index in [0.717, 1.165) is 12.1 Å². The van der Waals surface area contributed by atoms with Crippen LogP contribution < -0.4 is 10.0 Å². The maximum Gasteiger partial charge on any atom is 0.272 e. The highest BCUT2D eigenvalue weighted by molar-refractivity contribution is 7.90. The first-order valence-corrected chi connectivity index (χ1v) is 10.2. The Morgan fingerprint density at radius 1 is 1.37 bits per heavy atom. The lowest BCUT2D eigenvalue weighted by molar-refractivity contribution is 0.101. The molecule has 3 rings (SSSR count). The summed E-state index contributed by atoms with van der Waals surface area (Å²) in [6, 6.07) is 3.00. The van der Waals surface area contributed by atoms with Crippen LogP contribution in [0.5, 0.6) is 0 Å². The van der Waals surface area contributed by atoms with Crippen molar-refractivity contribution in [1.29, 1.82) is 4.78 Å². The number of hydrogen-bond acceptors (Lipinski definition) is 3. The molecular formula is C18H22F2N4O2S. The summed E-state index contributed by atoms with van der Waals surface area (Å²) in [5.74, 6) is -2.39. The van der Waals surface area contributed by atoms with Crippen molar-refractivity contribution in [3.05, 3.63) is 47.3 Å². The first-order chi connectivity index (χ1) is 12.6. The molecule has 27 heavy (non-hydrogen) atoms. The number of carbonyl (C=O) groups excluding carboxylic acids is 1. The van der Waals surface area contributed by atoms with Gasteiger partial charge in [-0.25, -0.2) is 22.5 Å². The van der Waals surface area contributed by atoms with Crippen LogP contribution in [0.1, 0.15) is 36.3 Å². The number of hydrogen-bond donors (Lipinski definition) is 3. The molecule has 1 aromatic heterocycles. The van der Waals surface area contributed by atoms with Gasteiger partial charge in [0.2, 0.25) is 0 Å². The van der Waals surface area contributed by atoms with Crippen LogP contribution in [0.3, 0.4) is 0 Å². The Bertz CT molecular complexity index is 999. The number of amides is 1. The molecule has 0 fully saturated rings. The molecule has 0 aliphatic carbocycles. The normalized spacial score (nSPS) is 22.4. The molecule has 0 saturated heterocycles. The molecule has 2 atom stereocenters. The third-order valence-electron chi connectivity index (χ3n) is 4.78. The minimum atomic E-state index is -3.25. The van der Waals surface area contributed by atoms with Crippen LogP contribution >= 0.6 is 0 Å². The summed E-state index contributed by atoms with van der Waals surface area (Å²) in [6.45, 7) is 3.97. The molecule has 0 radical (unpaired) electrons. The number of rotatable bonds is 3. The zero-order valence-corrected chi connectivity index (χ0v) is 16.1. The van der Waals surface area contributed by atoms with E-state index < -0.39 is 27.5 Å². The van der Waals surface area contributed by atoms with Gasteiger partial charge in [-0.3, -0.25) is 4.79 Å². The average Bonchev–Trinajstić information content (AvgIpc) is 2.85. The lowest BCUT2D eigenvalue weighted by atomic mass is 9.97. The maximum absolute atomic E-state index is 13.4. The van der Waals surface area contributed by atoms with Gasteiger partial charge in [-0.15, -0.1) is 0 Å². The van der Waals surface area contributed by atoms with Gasteiger partial charge in [-0.2, -0.15) is 0 Å². The van der Waals surface area contributed by atoms with Crippen LogP contribution in [0, 0.1) is 22.3 Å². The molecule has 2 unspecified atom stereocenters. The summed E-state index contributed by atoms with van der Waals surface area (Å²) in [5.41, 5.74) is 0.932. The number of aromatic nitrogens is 1. The van der Waals surface area contributed by atoms with Crippen molar-refractivity contribution in [2.75, 3.05) is 5.32 Å². The fraction of sp³-hybridized carbons (Fsp3) is 0.389. The molecule has 0 spiro atoms. The van der Waals surface area contributed by atoms with E-state index in [0.29, 0.717) is 23.3 Å². The van der Waals surface area contributed by atoms with Gasteiger partial charge in [-0.05, 0) is 30.9 Å².